The van der Waals surface area contributed by atoms with Crippen LogP contribution in [0.3, 0.4) is 0 Å². The standard InChI is InChI=1S/C15H25NO4/c1-4-20-9-13(10(2)3)16-14(17)11-7-5-6-8-12(11)15(18)19/h5-6,10-13H,4,7-9H2,1-3H3,(H,16,17)(H,18,19)/t11-,12+,13?/m1/s1. The van der Waals surface area contributed by atoms with E-state index in [1.807, 2.05) is 32.9 Å². The van der Waals surface area contributed by atoms with Gasteiger partial charge in [-0.2, -0.15) is 0 Å². The first-order valence-corrected chi connectivity index (χ1v) is 7.23. The van der Waals surface area contributed by atoms with Crippen molar-refractivity contribution in [2.75, 3.05) is 13.2 Å². The number of allylic oxidation sites excluding steroid dienone is 2. The molecular formula is C15H25NO4. The first-order valence-electron chi connectivity index (χ1n) is 7.23. The molecule has 0 fully saturated rings. The first-order chi connectivity index (χ1) is 9.47. The molecule has 114 valence electrons. The number of rotatable bonds is 7. The Morgan fingerprint density at radius 1 is 1.30 bits per heavy atom. The van der Waals surface area contributed by atoms with Gasteiger partial charge in [0.15, 0.2) is 0 Å². The van der Waals surface area contributed by atoms with Crippen molar-refractivity contribution in [3.05, 3.63) is 12.2 Å². The van der Waals surface area contributed by atoms with Crippen molar-refractivity contribution in [3.63, 3.8) is 0 Å². The maximum atomic E-state index is 12.3. The molecule has 3 atom stereocenters. The van der Waals surface area contributed by atoms with Gasteiger partial charge in [-0.15, -0.1) is 0 Å². The van der Waals surface area contributed by atoms with E-state index in [0.29, 0.717) is 26.1 Å². The molecule has 0 radical (unpaired) electrons. The third-order valence-electron chi connectivity index (χ3n) is 3.72. The summed E-state index contributed by atoms with van der Waals surface area (Å²) in [6.45, 7) is 6.99. The Balaban J connectivity index is 2.66. The molecular weight excluding hydrogens is 258 g/mol. The van der Waals surface area contributed by atoms with Crippen LogP contribution < -0.4 is 5.32 Å². The number of carboxylic acids is 1. The molecule has 1 aliphatic carbocycles. The van der Waals surface area contributed by atoms with Gasteiger partial charge in [0.2, 0.25) is 5.91 Å². The third kappa shape index (κ3) is 4.63. The molecule has 0 aliphatic heterocycles. The van der Waals surface area contributed by atoms with Gasteiger partial charge in [0, 0.05) is 6.61 Å². The number of ether oxygens (including phenoxy) is 1. The fourth-order valence-electron chi connectivity index (χ4n) is 2.31. The Kier molecular flexibility index (Phi) is 6.71. The zero-order valence-corrected chi connectivity index (χ0v) is 12.5. The Morgan fingerprint density at radius 2 is 1.90 bits per heavy atom. The van der Waals surface area contributed by atoms with Gasteiger partial charge in [-0.05, 0) is 25.7 Å². The van der Waals surface area contributed by atoms with E-state index in [4.69, 9.17) is 4.74 Å². The summed E-state index contributed by atoms with van der Waals surface area (Å²) in [6, 6.07) is -0.0807. The van der Waals surface area contributed by atoms with Gasteiger partial charge in [-0.25, -0.2) is 0 Å². The summed E-state index contributed by atoms with van der Waals surface area (Å²) in [5, 5.41) is 12.1. The molecule has 1 aliphatic rings. The second-order valence-corrected chi connectivity index (χ2v) is 5.51. The van der Waals surface area contributed by atoms with E-state index < -0.39 is 17.8 Å². The smallest absolute Gasteiger partial charge is 0.307 e. The Morgan fingerprint density at radius 3 is 2.40 bits per heavy atom. The van der Waals surface area contributed by atoms with E-state index in [1.54, 1.807) is 0 Å². The molecule has 1 unspecified atom stereocenters. The van der Waals surface area contributed by atoms with Crippen LogP contribution in [0.25, 0.3) is 0 Å². The number of nitrogens with one attached hydrogen (secondary N) is 1. The van der Waals surface area contributed by atoms with E-state index in [9.17, 15) is 14.7 Å². The summed E-state index contributed by atoms with van der Waals surface area (Å²) < 4.78 is 5.37. The van der Waals surface area contributed by atoms with Crippen LogP contribution in [-0.4, -0.2) is 36.2 Å². The average Bonchev–Trinajstić information content (AvgIpc) is 2.42. The predicted molar refractivity (Wildman–Crippen MR) is 76.3 cm³/mol. The van der Waals surface area contributed by atoms with Gasteiger partial charge in [-0.3, -0.25) is 9.59 Å². The number of carboxylic acid groups (broad SMARTS) is 1. The SMILES string of the molecule is CCOCC(NC(=O)[C@@H]1CC=CC[C@@H]1C(=O)O)C(C)C. The minimum Gasteiger partial charge on any atom is -0.481 e. The molecule has 0 aromatic carbocycles. The monoisotopic (exact) mass is 283 g/mol. The van der Waals surface area contributed by atoms with E-state index in [-0.39, 0.29) is 17.9 Å². The molecule has 0 spiro atoms. The number of amides is 1. The zero-order chi connectivity index (χ0) is 15.1. The van der Waals surface area contributed by atoms with Gasteiger partial charge in [0.1, 0.15) is 0 Å². The highest BCUT2D eigenvalue weighted by Gasteiger charge is 2.34. The van der Waals surface area contributed by atoms with Crippen molar-refractivity contribution in [2.45, 2.75) is 39.7 Å². The van der Waals surface area contributed by atoms with Crippen LogP contribution in [0.2, 0.25) is 0 Å². The van der Waals surface area contributed by atoms with Crippen LogP contribution in [0.4, 0.5) is 0 Å². The molecule has 0 saturated carbocycles. The van der Waals surface area contributed by atoms with Crippen LogP contribution >= 0.6 is 0 Å². The number of carbonyl (C=O) groups excluding carboxylic acids is 1. The summed E-state index contributed by atoms with van der Waals surface area (Å²) in [4.78, 5) is 23.5. The lowest BCUT2D eigenvalue weighted by atomic mass is 9.82. The Labute approximate surface area is 120 Å². The van der Waals surface area contributed by atoms with Crippen molar-refractivity contribution in [1.82, 2.24) is 5.32 Å². The van der Waals surface area contributed by atoms with Crippen molar-refractivity contribution >= 4 is 11.9 Å². The highest BCUT2D eigenvalue weighted by molar-refractivity contribution is 5.85. The molecule has 0 bridgehead atoms. The van der Waals surface area contributed by atoms with Crippen LogP contribution in [-0.2, 0) is 14.3 Å². The average molecular weight is 283 g/mol. The highest BCUT2D eigenvalue weighted by Crippen LogP contribution is 2.26. The van der Waals surface area contributed by atoms with Gasteiger partial charge in [0.05, 0.1) is 24.5 Å². The molecule has 0 aromatic heterocycles. The lowest BCUT2D eigenvalue weighted by molar-refractivity contribution is -0.147. The van der Waals surface area contributed by atoms with Gasteiger partial charge >= 0.3 is 5.97 Å². The maximum absolute atomic E-state index is 12.3. The summed E-state index contributed by atoms with van der Waals surface area (Å²) >= 11 is 0. The Hall–Kier alpha value is -1.36. The number of carbonyl (C=O) groups is 2. The van der Waals surface area contributed by atoms with Crippen molar-refractivity contribution in [3.8, 4) is 0 Å². The summed E-state index contributed by atoms with van der Waals surface area (Å²) in [5.41, 5.74) is 0. The van der Waals surface area contributed by atoms with E-state index in [1.165, 1.54) is 0 Å². The van der Waals surface area contributed by atoms with Crippen LogP contribution in [0.15, 0.2) is 12.2 Å². The fourth-order valence-corrected chi connectivity index (χ4v) is 2.31. The first kappa shape index (κ1) is 16.7. The van der Waals surface area contributed by atoms with E-state index in [2.05, 4.69) is 5.32 Å². The molecule has 2 N–H and O–H groups in total. The molecule has 5 heteroatoms. The molecule has 0 heterocycles. The second kappa shape index (κ2) is 8.04. The van der Waals surface area contributed by atoms with Crippen LogP contribution in [0.5, 0.6) is 0 Å². The summed E-state index contributed by atoms with van der Waals surface area (Å²) in [6.07, 6.45) is 4.63. The van der Waals surface area contributed by atoms with E-state index >= 15 is 0 Å². The fraction of sp³-hybridized carbons (Fsp3) is 0.733. The van der Waals surface area contributed by atoms with Crippen molar-refractivity contribution in [1.29, 1.82) is 0 Å². The largest absolute Gasteiger partial charge is 0.481 e. The molecule has 1 rings (SSSR count). The third-order valence-corrected chi connectivity index (χ3v) is 3.72. The number of aliphatic carboxylic acids is 1. The molecule has 1 amide bonds. The minimum atomic E-state index is -0.902. The summed E-state index contributed by atoms with van der Waals surface area (Å²) in [5.74, 6) is -1.95. The van der Waals surface area contributed by atoms with Crippen LogP contribution in [0, 0.1) is 17.8 Å². The van der Waals surface area contributed by atoms with Gasteiger partial charge in [-0.1, -0.05) is 26.0 Å². The zero-order valence-electron chi connectivity index (χ0n) is 12.5. The van der Waals surface area contributed by atoms with Gasteiger partial charge < -0.3 is 15.2 Å². The normalized spacial score (nSPS) is 23.6. The van der Waals surface area contributed by atoms with Gasteiger partial charge in [0.25, 0.3) is 0 Å². The molecule has 0 aromatic rings. The number of hydrogen-bond donors (Lipinski definition) is 2. The lowest BCUT2D eigenvalue weighted by Crippen LogP contribution is -2.47. The minimum absolute atomic E-state index is 0.0807. The molecule has 20 heavy (non-hydrogen) atoms. The second-order valence-electron chi connectivity index (χ2n) is 5.51. The van der Waals surface area contributed by atoms with Crippen LogP contribution in [0.1, 0.15) is 33.6 Å². The molecule has 0 saturated heterocycles. The summed E-state index contributed by atoms with van der Waals surface area (Å²) in [7, 11) is 0. The Bertz CT molecular complexity index is 365. The molecule has 5 nitrogen and oxygen atoms in total. The quantitative estimate of drug-likeness (QED) is 0.699. The number of hydrogen-bond acceptors (Lipinski definition) is 3. The van der Waals surface area contributed by atoms with Crippen molar-refractivity contribution in [2.24, 2.45) is 17.8 Å². The topological polar surface area (TPSA) is 75.6 Å². The lowest BCUT2D eigenvalue weighted by Gasteiger charge is -2.28. The maximum Gasteiger partial charge on any atom is 0.307 e. The van der Waals surface area contributed by atoms with E-state index in [0.717, 1.165) is 0 Å². The predicted octanol–water partition coefficient (Wildman–Crippen LogP) is 1.83. The highest BCUT2D eigenvalue weighted by atomic mass is 16.5. The van der Waals surface area contributed by atoms with Crippen molar-refractivity contribution < 1.29 is 19.4 Å².